The molecular weight excluding hydrogens is 182 g/mol. The number of hydrogen-bond donors (Lipinski definition) is 1. The standard InChI is InChI=1S/C9H9N3O2/c1-5-6-3-4-12(2)8(6)11-7(10-5)9(13)14/h3-4H,1-2H3,(H,13,14). The maximum Gasteiger partial charge on any atom is 0.374 e. The van der Waals surface area contributed by atoms with Crippen LogP contribution < -0.4 is 0 Å². The summed E-state index contributed by atoms with van der Waals surface area (Å²) in [5, 5.41) is 9.65. The monoisotopic (exact) mass is 191 g/mol. The highest BCUT2D eigenvalue weighted by atomic mass is 16.4. The van der Waals surface area contributed by atoms with Crippen molar-refractivity contribution in [1.82, 2.24) is 14.5 Å². The molecular formula is C9H9N3O2. The third kappa shape index (κ3) is 1.14. The van der Waals surface area contributed by atoms with E-state index in [9.17, 15) is 4.79 Å². The Kier molecular flexibility index (Phi) is 1.73. The molecule has 0 unspecified atom stereocenters. The van der Waals surface area contributed by atoms with Crippen LogP contribution in [0.25, 0.3) is 11.0 Å². The molecule has 0 amide bonds. The van der Waals surface area contributed by atoms with Crippen LogP contribution >= 0.6 is 0 Å². The van der Waals surface area contributed by atoms with Crippen LogP contribution in [0.5, 0.6) is 0 Å². The van der Waals surface area contributed by atoms with Gasteiger partial charge in [0.15, 0.2) is 0 Å². The number of fused-ring (bicyclic) bond motifs is 1. The number of carbonyl (C=O) groups is 1. The van der Waals surface area contributed by atoms with E-state index in [0.29, 0.717) is 11.3 Å². The van der Waals surface area contributed by atoms with Crippen LogP contribution in [-0.4, -0.2) is 25.6 Å². The normalized spacial score (nSPS) is 10.7. The average Bonchev–Trinajstić information content (AvgIpc) is 2.48. The molecule has 2 rings (SSSR count). The number of rotatable bonds is 1. The molecule has 0 atom stereocenters. The zero-order valence-electron chi connectivity index (χ0n) is 7.85. The van der Waals surface area contributed by atoms with Crippen molar-refractivity contribution in [2.75, 3.05) is 0 Å². The van der Waals surface area contributed by atoms with Crippen LogP contribution in [0.1, 0.15) is 16.3 Å². The van der Waals surface area contributed by atoms with Gasteiger partial charge < -0.3 is 9.67 Å². The summed E-state index contributed by atoms with van der Waals surface area (Å²) in [6, 6.07) is 1.87. The minimum absolute atomic E-state index is 0.156. The van der Waals surface area contributed by atoms with Gasteiger partial charge in [0.05, 0.1) is 5.69 Å². The summed E-state index contributed by atoms with van der Waals surface area (Å²) in [5.41, 5.74) is 1.34. The van der Waals surface area contributed by atoms with Gasteiger partial charge in [-0.05, 0) is 13.0 Å². The maximum atomic E-state index is 10.7. The second-order valence-electron chi connectivity index (χ2n) is 3.10. The molecule has 2 aromatic heterocycles. The molecule has 0 bridgehead atoms. The molecule has 0 spiro atoms. The van der Waals surface area contributed by atoms with Gasteiger partial charge in [-0.2, -0.15) is 0 Å². The Morgan fingerprint density at radius 1 is 1.50 bits per heavy atom. The number of carboxylic acids is 1. The van der Waals surface area contributed by atoms with E-state index in [0.717, 1.165) is 5.39 Å². The van der Waals surface area contributed by atoms with E-state index >= 15 is 0 Å². The molecule has 0 aromatic carbocycles. The van der Waals surface area contributed by atoms with Crippen LogP contribution in [0.4, 0.5) is 0 Å². The van der Waals surface area contributed by atoms with Crippen molar-refractivity contribution < 1.29 is 9.90 Å². The van der Waals surface area contributed by atoms with E-state index in [4.69, 9.17) is 5.11 Å². The Hall–Kier alpha value is -1.91. The quantitative estimate of drug-likeness (QED) is 0.729. The minimum Gasteiger partial charge on any atom is -0.475 e. The van der Waals surface area contributed by atoms with Crippen LogP contribution in [0.15, 0.2) is 12.3 Å². The van der Waals surface area contributed by atoms with Gasteiger partial charge in [-0.3, -0.25) is 0 Å². The molecule has 0 aliphatic heterocycles. The second kappa shape index (κ2) is 2.80. The van der Waals surface area contributed by atoms with Gasteiger partial charge in [0.1, 0.15) is 5.65 Å². The third-order valence-corrected chi connectivity index (χ3v) is 2.11. The molecule has 0 aliphatic rings. The van der Waals surface area contributed by atoms with Gasteiger partial charge in [-0.25, -0.2) is 14.8 Å². The number of aromatic nitrogens is 3. The first-order valence-electron chi connectivity index (χ1n) is 4.12. The van der Waals surface area contributed by atoms with Crippen molar-refractivity contribution in [3.8, 4) is 0 Å². The van der Waals surface area contributed by atoms with E-state index in [1.165, 1.54) is 0 Å². The Balaban J connectivity index is 2.82. The lowest BCUT2D eigenvalue weighted by Gasteiger charge is -1.99. The van der Waals surface area contributed by atoms with E-state index in [1.54, 1.807) is 11.5 Å². The number of carboxylic acid groups (broad SMARTS) is 1. The summed E-state index contributed by atoms with van der Waals surface area (Å²) in [5.74, 6) is -1.26. The number of nitrogens with zero attached hydrogens (tertiary/aromatic N) is 3. The molecule has 0 saturated heterocycles. The summed E-state index contributed by atoms with van der Waals surface area (Å²) in [6.07, 6.45) is 1.83. The van der Waals surface area contributed by atoms with Gasteiger partial charge in [-0.1, -0.05) is 0 Å². The van der Waals surface area contributed by atoms with Crippen molar-refractivity contribution in [3.63, 3.8) is 0 Å². The predicted molar refractivity (Wildman–Crippen MR) is 50.2 cm³/mol. The summed E-state index contributed by atoms with van der Waals surface area (Å²) >= 11 is 0. The summed E-state index contributed by atoms with van der Waals surface area (Å²) < 4.78 is 1.77. The lowest BCUT2D eigenvalue weighted by molar-refractivity contribution is 0.0683. The zero-order valence-corrected chi connectivity index (χ0v) is 7.85. The van der Waals surface area contributed by atoms with Crippen molar-refractivity contribution in [3.05, 3.63) is 23.8 Å². The summed E-state index contributed by atoms with van der Waals surface area (Å²) in [6.45, 7) is 1.77. The molecule has 0 saturated carbocycles. The molecule has 2 heterocycles. The maximum absolute atomic E-state index is 10.7. The predicted octanol–water partition coefficient (Wildman–Crippen LogP) is 0.975. The minimum atomic E-state index is -1.10. The summed E-state index contributed by atoms with van der Waals surface area (Å²) in [7, 11) is 1.82. The first-order chi connectivity index (χ1) is 6.59. The van der Waals surface area contributed by atoms with Crippen LogP contribution in [0.3, 0.4) is 0 Å². The Labute approximate surface area is 80.0 Å². The molecule has 1 N–H and O–H groups in total. The van der Waals surface area contributed by atoms with E-state index < -0.39 is 5.97 Å². The van der Waals surface area contributed by atoms with Gasteiger partial charge in [-0.15, -0.1) is 0 Å². The first kappa shape index (κ1) is 8.68. The summed E-state index contributed by atoms with van der Waals surface area (Å²) in [4.78, 5) is 18.5. The third-order valence-electron chi connectivity index (χ3n) is 2.11. The highest BCUT2D eigenvalue weighted by molar-refractivity contribution is 5.87. The van der Waals surface area contributed by atoms with E-state index in [2.05, 4.69) is 9.97 Å². The molecule has 0 fully saturated rings. The number of hydrogen-bond acceptors (Lipinski definition) is 3. The highest BCUT2D eigenvalue weighted by Crippen LogP contribution is 2.15. The van der Waals surface area contributed by atoms with Crippen molar-refractivity contribution in [2.24, 2.45) is 7.05 Å². The van der Waals surface area contributed by atoms with Crippen molar-refractivity contribution >= 4 is 17.0 Å². The molecule has 0 radical (unpaired) electrons. The molecule has 2 aromatic rings. The Morgan fingerprint density at radius 2 is 2.21 bits per heavy atom. The Morgan fingerprint density at radius 3 is 2.86 bits per heavy atom. The fourth-order valence-corrected chi connectivity index (χ4v) is 1.38. The average molecular weight is 191 g/mol. The lowest BCUT2D eigenvalue weighted by Crippen LogP contribution is -2.06. The molecule has 14 heavy (non-hydrogen) atoms. The molecule has 0 aliphatic carbocycles. The topological polar surface area (TPSA) is 68.0 Å². The lowest BCUT2D eigenvalue weighted by atomic mass is 10.3. The highest BCUT2D eigenvalue weighted by Gasteiger charge is 2.11. The molecule has 5 heteroatoms. The van der Waals surface area contributed by atoms with Gasteiger partial charge >= 0.3 is 5.97 Å². The van der Waals surface area contributed by atoms with E-state index in [-0.39, 0.29) is 5.82 Å². The number of aromatic carboxylic acids is 1. The Bertz CT molecular complexity index is 516. The molecule has 72 valence electrons. The van der Waals surface area contributed by atoms with Crippen molar-refractivity contribution in [1.29, 1.82) is 0 Å². The van der Waals surface area contributed by atoms with Crippen molar-refractivity contribution in [2.45, 2.75) is 6.92 Å². The SMILES string of the molecule is Cc1nc(C(=O)O)nc2c1ccn2C. The largest absolute Gasteiger partial charge is 0.475 e. The van der Waals surface area contributed by atoms with Crippen LogP contribution in [0, 0.1) is 6.92 Å². The zero-order chi connectivity index (χ0) is 10.3. The fraction of sp³-hybridized carbons (Fsp3) is 0.222. The first-order valence-corrected chi connectivity index (χ1v) is 4.12. The van der Waals surface area contributed by atoms with Crippen LogP contribution in [0.2, 0.25) is 0 Å². The molecule has 5 nitrogen and oxygen atoms in total. The smallest absolute Gasteiger partial charge is 0.374 e. The van der Waals surface area contributed by atoms with Crippen LogP contribution in [-0.2, 0) is 7.05 Å². The van der Waals surface area contributed by atoms with Gasteiger partial charge in [0.25, 0.3) is 0 Å². The fourth-order valence-electron chi connectivity index (χ4n) is 1.38. The van der Waals surface area contributed by atoms with Gasteiger partial charge in [0.2, 0.25) is 5.82 Å². The second-order valence-corrected chi connectivity index (χ2v) is 3.10. The number of aryl methyl sites for hydroxylation is 2. The van der Waals surface area contributed by atoms with E-state index in [1.807, 2.05) is 19.3 Å². The van der Waals surface area contributed by atoms with Gasteiger partial charge in [0, 0.05) is 18.6 Å².